The highest BCUT2D eigenvalue weighted by molar-refractivity contribution is 6.32. The van der Waals surface area contributed by atoms with E-state index >= 15 is 0 Å². The molecule has 0 aliphatic heterocycles. The summed E-state index contributed by atoms with van der Waals surface area (Å²) in [5.74, 6) is 1.54. The molecule has 7 heteroatoms. The Kier molecular flexibility index (Phi) is 5.07. The number of aromatic nitrogens is 3. The first-order chi connectivity index (χ1) is 13.6. The van der Waals surface area contributed by atoms with Crippen LogP contribution in [0.3, 0.4) is 0 Å². The van der Waals surface area contributed by atoms with Crippen LogP contribution in [0.15, 0.2) is 47.1 Å². The maximum Gasteiger partial charge on any atom is 0.258 e. The first kappa shape index (κ1) is 18.5. The molecule has 28 heavy (non-hydrogen) atoms. The lowest BCUT2D eigenvalue weighted by Crippen LogP contribution is -2.05. The summed E-state index contributed by atoms with van der Waals surface area (Å²) in [7, 11) is 0. The number of benzene rings is 2. The minimum atomic E-state index is 0.0452. The fourth-order valence-electron chi connectivity index (χ4n) is 3.19. The average molecular weight is 397 g/mol. The summed E-state index contributed by atoms with van der Waals surface area (Å²) < 4.78 is 11.2. The van der Waals surface area contributed by atoms with Gasteiger partial charge in [-0.15, -0.1) is 0 Å². The second-order valence-corrected chi connectivity index (χ2v) is 7.22. The van der Waals surface area contributed by atoms with Gasteiger partial charge in [0.2, 0.25) is 5.82 Å². The third-order valence-electron chi connectivity index (χ3n) is 4.42. The van der Waals surface area contributed by atoms with Crippen molar-refractivity contribution in [3.63, 3.8) is 0 Å². The standard InChI is InChI=1S/C21H21ClN4O2/c1-12(2)27-18-7-6-13(10-17(18)22)21-25-20(26-28-21)16-5-3-4-15-14(8-9-23)11-24-19(15)16/h3-7,10-12,24H,8-9,23H2,1-2H3. The molecule has 144 valence electrons. The van der Waals surface area contributed by atoms with Gasteiger partial charge in [-0.3, -0.25) is 0 Å². The van der Waals surface area contributed by atoms with E-state index in [-0.39, 0.29) is 6.10 Å². The quantitative estimate of drug-likeness (QED) is 0.487. The number of para-hydroxylation sites is 1. The van der Waals surface area contributed by atoms with Crippen molar-refractivity contribution < 1.29 is 9.26 Å². The molecule has 0 fully saturated rings. The smallest absolute Gasteiger partial charge is 0.258 e. The summed E-state index contributed by atoms with van der Waals surface area (Å²) in [6.45, 7) is 4.50. The summed E-state index contributed by atoms with van der Waals surface area (Å²) in [6.07, 6.45) is 2.84. The van der Waals surface area contributed by atoms with Crippen molar-refractivity contribution in [3.05, 3.63) is 53.2 Å². The van der Waals surface area contributed by atoms with Gasteiger partial charge in [-0.1, -0.05) is 28.9 Å². The van der Waals surface area contributed by atoms with Gasteiger partial charge >= 0.3 is 0 Å². The molecule has 2 aromatic carbocycles. The lowest BCUT2D eigenvalue weighted by atomic mass is 10.1. The predicted molar refractivity (Wildman–Crippen MR) is 111 cm³/mol. The number of H-pyrrole nitrogens is 1. The number of rotatable bonds is 6. The number of nitrogens with zero attached hydrogens (tertiary/aromatic N) is 2. The van der Waals surface area contributed by atoms with Gasteiger partial charge in [0, 0.05) is 22.7 Å². The van der Waals surface area contributed by atoms with Crippen molar-refractivity contribution in [2.75, 3.05) is 6.54 Å². The summed E-state index contributed by atoms with van der Waals surface area (Å²) in [4.78, 5) is 7.87. The Labute approximate surface area is 167 Å². The molecule has 0 aliphatic rings. The molecule has 6 nitrogen and oxygen atoms in total. The lowest BCUT2D eigenvalue weighted by Gasteiger charge is -2.11. The molecule has 0 spiro atoms. The number of nitrogens with one attached hydrogen (secondary N) is 1. The summed E-state index contributed by atoms with van der Waals surface area (Å²) in [5, 5.41) is 5.79. The number of hydrogen-bond donors (Lipinski definition) is 2. The van der Waals surface area contributed by atoms with E-state index in [2.05, 4.69) is 21.2 Å². The van der Waals surface area contributed by atoms with Crippen molar-refractivity contribution in [2.45, 2.75) is 26.4 Å². The van der Waals surface area contributed by atoms with E-state index in [0.717, 1.165) is 28.5 Å². The van der Waals surface area contributed by atoms with Crippen LogP contribution < -0.4 is 10.5 Å². The van der Waals surface area contributed by atoms with E-state index in [1.165, 1.54) is 5.56 Å². The zero-order valence-corrected chi connectivity index (χ0v) is 16.5. The first-order valence-corrected chi connectivity index (χ1v) is 9.54. The van der Waals surface area contributed by atoms with Gasteiger partial charge in [-0.05, 0) is 56.6 Å². The molecule has 4 rings (SSSR count). The number of nitrogens with two attached hydrogens (primary N) is 1. The lowest BCUT2D eigenvalue weighted by molar-refractivity contribution is 0.242. The van der Waals surface area contributed by atoms with Gasteiger partial charge < -0.3 is 20.0 Å². The fraction of sp³-hybridized carbons (Fsp3) is 0.238. The molecular weight excluding hydrogens is 376 g/mol. The Balaban J connectivity index is 1.69. The molecular formula is C21H21ClN4O2. The van der Waals surface area contributed by atoms with Crippen LogP contribution in [0.25, 0.3) is 33.7 Å². The number of hydrogen-bond acceptors (Lipinski definition) is 5. The van der Waals surface area contributed by atoms with E-state index in [9.17, 15) is 0 Å². The highest BCUT2D eigenvalue weighted by Crippen LogP contribution is 2.33. The molecule has 0 saturated carbocycles. The van der Waals surface area contributed by atoms with Gasteiger partial charge in [-0.25, -0.2) is 0 Å². The predicted octanol–water partition coefficient (Wildman–Crippen LogP) is 4.83. The van der Waals surface area contributed by atoms with Crippen molar-refractivity contribution >= 4 is 22.5 Å². The Morgan fingerprint density at radius 2 is 2.11 bits per heavy atom. The molecule has 0 bridgehead atoms. The summed E-state index contributed by atoms with van der Waals surface area (Å²) in [5.41, 5.74) is 9.46. The molecule has 0 amide bonds. The van der Waals surface area contributed by atoms with Gasteiger partial charge in [0.15, 0.2) is 0 Å². The van der Waals surface area contributed by atoms with Gasteiger partial charge in [-0.2, -0.15) is 4.98 Å². The molecule has 2 aromatic heterocycles. The molecule has 0 unspecified atom stereocenters. The Morgan fingerprint density at radius 3 is 2.86 bits per heavy atom. The molecule has 0 aliphatic carbocycles. The minimum absolute atomic E-state index is 0.0452. The topological polar surface area (TPSA) is 90.0 Å². The minimum Gasteiger partial charge on any atom is -0.489 e. The van der Waals surface area contributed by atoms with E-state index in [4.69, 9.17) is 26.6 Å². The van der Waals surface area contributed by atoms with Crippen molar-refractivity contribution in [2.24, 2.45) is 5.73 Å². The van der Waals surface area contributed by atoms with Crippen molar-refractivity contribution in [1.82, 2.24) is 15.1 Å². The number of ether oxygens (including phenoxy) is 1. The van der Waals surface area contributed by atoms with E-state index in [0.29, 0.717) is 29.0 Å². The third-order valence-corrected chi connectivity index (χ3v) is 4.72. The first-order valence-electron chi connectivity index (χ1n) is 9.16. The molecule has 0 radical (unpaired) electrons. The molecule has 3 N–H and O–H groups in total. The largest absolute Gasteiger partial charge is 0.489 e. The van der Waals surface area contributed by atoms with Crippen LogP contribution in [-0.2, 0) is 6.42 Å². The maximum absolute atomic E-state index is 6.33. The molecule has 0 atom stereocenters. The van der Waals surface area contributed by atoms with Crippen molar-refractivity contribution in [3.8, 4) is 28.6 Å². The Hall–Kier alpha value is -2.83. The van der Waals surface area contributed by atoms with Crippen LogP contribution in [0, 0.1) is 0 Å². The molecule has 0 saturated heterocycles. The summed E-state index contributed by atoms with van der Waals surface area (Å²) in [6, 6.07) is 11.4. The number of fused-ring (bicyclic) bond motifs is 1. The normalized spacial score (nSPS) is 11.5. The number of aromatic amines is 1. The average Bonchev–Trinajstić information content (AvgIpc) is 3.31. The monoisotopic (exact) mass is 396 g/mol. The van der Waals surface area contributed by atoms with Gasteiger partial charge in [0.1, 0.15) is 5.75 Å². The van der Waals surface area contributed by atoms with Crippen LogP contribution in [0.4, 0.5) is 0 Å². The second kappa shape index (κ2) is 7.66. The van der Waals surface area contributed by atoms with Crippen LogP contribution in [-0.4, -0.2) is 27.8 Å². The highest BCUT2D eigenvalue weighted by atomic mass is 35.5. The zero-order chi connectivity index (χ0) is 19.7. The summed E-state index contributed by atoms with van der Waals surface area (Å²) >= 11 is 6.33. The Bertz CT molecular complexity index is 1120. The molecule has 2 heterocycles. The highest BCUT2D eigenvalue weighted by Gasteiger charge is 2.16. The Morgan fingerprint density at radius 1 is 1.25 bits per heavy atom. The zero-order valence-electron chi connectivity index (χ0n) is 15.7. The van der Waals surface area contributed by atoms with Crippen LogP contribution >= 0.6 is 11.6 Å². The van der Waals surface area contributed by atoms with Crippen molar-refractivity contribution in [1.29, 1.82) is 0 Å². The van der Waals surface area contributed by atoms with E-state index in [1.54, 1.807) is 6.07 Å². The maximum atomic E-state index is 6.33. The van der Waals surface area contributed by atoms with E-state index < -0.39 is 0 Å². The van der Waals surface area contributed by atoms with Crippen LogP contribution in [0.1, 0.15) is 19.4 Å². The number of halogens is 1. The van der Waals surface area contributed by atoms with Crippen LogP contribution in [0.2, 0.25) is 5.02 Å². The SMILES string of the molecule is CC(C)Oc1ccc(-c2nc(-c3cccc4c(CCN)c[nH]c34)no2)cc1Cl. The second-order valence-electron chi connectivity index (χ2n) is 6.82. The van der Waals surface area contributed by atoms with Crippen LogP contribution in [0.5, 0.6) is 5.75 Å². The van der Waals surface area contributed by atoms with Gasteiger partial charge in [0.05, 0.1) is 16.6 Å². The fourth-order valence-corrected chi connectivity index (χ4v) is 3.42. The van der Waals surface area contributed by atoms with E-state index in [1.807, 2.05) is 44.3 Å². The van der Waals surface area contributed by atoms with Gasteiger partial charge in [0.25, 0.3) is 5.89 Å². The molecule has 4 aromatic rings. The third kappa shape index (κ3) is 3.48.